The second-order valence-corrected chi connectivity index (χ2v) is 22.7. The van der Waals surface area contributed by atoms with Crippen molar-refractivity contribution in [3.8, 4) is 0 Å². The molecule has 0 aromatic heterocycles. The molecule has 452 valence electrons. The average molecular weight is 1090 g/mol. The van der Waals surface area contributed by atoms with Crippen molar-refractivity contribution < 1.29 is 28.6 Å². The minimum atomic E-state index is -0.772. The highest BCUT2D eigenvalue weighted by molar-refractivity contribution is 5.71. The van der Waals surface area contributed by atoms with Crippen LogP contribution < -0.4 is 0 Å². The zero-order chi connectivity index (χ0) is 56.4. The predicted octanol–water partition coefficient (Wildman–Crippen LogP) is 23.3. The molecule has 78 heavy (non-hydrogen) atoms. The fourth-order valence-corrected chi connectivity index (χ4v) is 9.88. The summed E-state index contributed by atoms with van der Waals surface area (Å²) in [6.45, 7) is 6.50. The Morgan fingerprint density at radius 1 is 0.269 bits per heavy atom. The average Bonchev–Trinajstić information content (AvgIpc) is 3.44. The first-order valence-corrected chi connectivity index (χ1v) is 33.9. The normalized spacial score (nSPS) is 12.5. The highest BCUT2D eigenvalue weighted by Crippen LogP contribution is 2.17. The third-order valence-electron chi connectivity index (χ3n) is 14.9. The van der Waals surface area contributed by atoms with Gasteiger partial charge in [-0.15, -0.1) is 0 Å². The minimum Gasteiger partial charge on any atom is -0.462 e. The SMILES string of the molecule is CC/C=C\C/C=C\C/C=C\C/C=C\CCCCCCCCCCCCCCC(=O)OC(COC(=O)CCCCCCCC)COC(=O)CCCCCCCCCCCCCCCCCCC/C=C\C/C=C\CCCCCCC. The maximum atomic E-state index is 12.9. The molecule has 0 aliphatic rings. The summed E-state index contributed by atoms with van der Waals surface area (Å²) in [5.41, 5.74) is 0. The summed E-state index contributed by atoms with van der Waals surface area (Å²) in [6.07, 6.45) is 86.8. The van der Waals surface area contributed by atoms with Crippen molar-refractivity contribution in [1.82, 2.24) is 0 Å². The lowest BCUT2D eigenvalue weighted by molar-refractivity contribution is -0.167. The van der Waals surface area contributed by atoms with E-state index in [0.717, 1.165) is 89.9 Å². The maximum Gasteiger partial charge on any atom is 0.306 e. The van der Waals surface area contributed by atoms with E-state index < -0.39 is 6.10 Å². The molecule has 0 aromatic rings. The van der Waals surface area contributed by atoms with Crippen molar-refractivity contribution >= 4 is 17.9 Å². The Hall–Kier alpha value is -3.15. The van der Waals surface area contributed by atoms with Gasteiger partial charge in [-0.3, -0.25) is 14.4 Å². The number of esters is 3. The lowest BCUT2D eigenvalue weighted by Gasteiger charge is -2.18. The van der Waals surface area contributed by atoms with Crippen LogP contribution >= 0.6 is 0 Å². The van der Waals surface area contributed by atoms with E-state index in [9.17, 15) is 14.4 Å². The van der Waals surface area contributed by atoms with E-state index in [0.29, 0.717) is 19.3 Å². The number of unbranched alkanes of at least 4 members (excludes halogenated alkanes) is 39. The van der Waals surface area contributed by atoms with Crippen LogP contribution in [-0.2, 0) is 28.6 Å². The van der Waals surface area contributed by atoms with Crippen molar-refractivity contribution in [2.45, 2.75) is 354 Å². The summed E-state index contributed by atoms with van der Waals surface area (Å²) >= 11 is 0. The Morgan fingerprint density at radius 3 is 0.782 bits per heavy atom. The smallest absolute Gasteiger partial charge is 0.306 e. The molecule has 0 N–H and O–H groups in total. The fourth-order valence-electron chi connectivity index (χ4n) is 9.88. The number of allylic oxidation sites excluding steroid dienone is 12. The van der Waals surface area contributed by atoms with Gasteiger partial charge in [0.2, 0.25) is 0 Å². The number of hydrogen-bond acceptors (Lipinski definition) is 6. The lowest BCUT2D eigenvalue weighted by Crippen LogP contribution is -2.30. The van der Waals surface area contributed by atoms with Crippen LogP contribution in [0.2, 0.25) is 0 Å². The topological polar surface area (TPSA) is 78.9 Å². The monoisotopic (exact) mass is 1090 g/mol. The highest BCUT2D eigenvalue weighted by atomic mass is 16.6. The molecule has 0 aliphatic carbocycles. The van der Waals surface area contributed by atoms with E-state index in [1.165, 1.54) is 218 Å². The molecule has 0 saturated heterocycles. The van der Waals surface area contributed by atoms with Crippen molar-refractivity contribution in [2.75, 3.05) is 13.2 Å². The molecular weight excluding hydrogens is 961 g/mol. The van der Waals surface area contributed by atoms with Crippen molar-refractivity contribution in [3.05, 3.63) is 72.9 Å². The van der Waals surface area contributed by atoms with Crippen LogP contribution in [0.3, 0.4) is 0 Å². The molecular formula is C72H128O6. The van der Waals surface area contributed by atoms with Gasteiger partial charge in [0.15, 0.2) is 6.10 Å². The first-order valence-electron chi connectivity index (χ1n) is 33.9. The van der Waals surface area contributed by atoms with Gasteiger partial charge < -0.3 is 14.2 Å². The van der Waals surface area contributed by atoms with Crippen LogP contribution in [0.15, 0.2) is 72.9 Å². The number of carbonyl (C=O) groups excluding carboxylic acids is 3. The molecule has 0 amide bonds. The van der Waals surface area contributed by atoms with Gasteiger partial charge in [-0.25, -0.2) is 0 Å². The number of ether oxygens (including phenoxy) is 3. The van der Waals surface area contributed by atoms with Gasteiger partial charge in [-0.2, -0.15) is 0 Å². The van der Waals surface area contributed by atoms with Gasteiger partial charge in [0.1, 0.15) is 13.2 Å². The minimum absolute atomic E-state index is 0.0722. The Morgan fingerprint density at radius 2 is 0.500 bits per heavy atom. The molecule has 0 bridgehead atoms. The molecule has 6 nitrogen and oxygen atoms in total. The fraction of sp³-hybridized carbons (Fsp3) is 0.792. The summed E-state index contributed by atoms with van der Waals surface area (Å²) in [5, 5.41) is 0. The first-order chi connectivity index (χ1) is 38.5. The van der Waals surface area contributed by atoms with Gasteiger partial charge in [0, 0.05) is 19.3 Å². The van der Waals surface area contributed by atoms with Gasteiger partial charge in [-0.1, -0.05) is 312 Å². The first kappa shape index (κ1) is 74.8. The standard InChI is InChI=1S/C72H128O6/c1-4-7-10-13-16-18-20-22-24-26-28-30-32-34-35-36-37-39-40-42-44-46-48-50-52-54-56-59-62-65-71(74)77-68-69(67-76-70(73)64-61-58-15-12-9-6-3)78-72(75)66-63-60-57-55-53-51-49-47-45-43-41-38-33-31-29-27-25-23-21-19-17-14-11-8-5-2/h8,11,17,19-20,22-23,25-26,28-29,31,69H,4-7,9-10,12-16,18,21,24,27,30,32-68H2,1-3H3/b11-8-,19-17-,22-20-,25-23-,28-26-,31-29-. The third-order valence-corrected chi connectivity index (χ3v) is 14.9. The van der Waals surface area contributed by atoms with E-state index in [1.807, 2.05) is 0 Å². The number of carbonyl (C=O) groups is 3. The van der Waals surface area contributed by atoms with Gasteiger partial charge in [-0.05, 0) is 89.9 Å². The number of hydrogen-bond donors (Lipinski definition) is 0. The van der Waals surface area contributed by atoms with Crippen molar-refractivity contribution in [2.24, 2.45) is 0 Å². The summed E-state index contributed by atoms with van der Waals surface area (Å²) in [5.74, 6) is -0.867. The summed E-state index contributed by atoms with van der Waals surface area (Å²) in [6, 6.07) is 0. The Labute approximate surface area is 484 Å². The Bertz CT molecular complexity index is 1440. The second-order valence-electron chi connectivity index (χ2n) is 22.7. The zero-order valence-corrected chi connectivity index (χ0v) is 51.9. The number of rotatable bonds is 62. The van der Waals surface area contributed by atoms with E-state index in [4.69, 9.17) is 14.2 Å². The van der Waals surface area contributed by atoms with Crippen LogP contribution in [0, 0.1) is 0 Å². The molecule has 0 radical (unpaired) electrons. The van der Waals surface area contributed by atoms with Crippen LogP contribution in [-0.4, -0.2) is 37.2 Å². The maximum absolute atomic E-state index is 12.9. The molecule has 0 fully saturated rings. The van der Waals surface area contributed by atoms with Crippen molar-refractivity contribution in [1.29, 1.82) is 0 Å². The van der Waals surface area contributed by atoms with E-state index in [2.05, 4.69) is 93.7 Å². The molecule has 0 aliphatic heterocycles. The van der Waals surface area contributed by atoms with Crippen LogP contribution in [0.4, 0.5) is 0 Å². The molecule has 0 aromatic carbocycles. The lowest BCUT2D eigenvalue weighted by atomic mass is 10.0. The quantitative estimate of drug-likeness (QED) is 0.0261. The van der Waals surface area contributed by atoms with Crippen molar-refractivity contribution in [3.63, 3.8) is 0 Å². The summed E-state index contributed by atoms with van der Waals surface area (Å²) in [7, 11) is 0. The Balaban J connectivity index is 4.02. The molecule has 0 saturated carbocycles. The second kappa shape index (κ2) is 66.4. The van der Waals surface area contributed by atoms with Gasteiger partial charge >= 0.3 is 17.9 Å². The van der Waals surface area contributed by atoms with Gasteiger partial charge in [0.25, 0.3) is 0 Å². The molecule has 0 rings (SSSR count). The Kier molecular flexibility index (Phi) is 63.7. The largest absolute Gasteiger partial charge is 0.462 e. The third kappa shape index (κ3) is 63.7. The van der Waals surface area contributed by atoms with Crippen LogP contribution in [0.1, 0.15) is 348 Å². The van der Waals surface area contributed by atoms with E-state index in [-0.39, 0.29) is 31.1 Å². The molecule has 1 atom stereocenters. The summed E-state index contributed by atoms with van der Waals surface area (Å²) in [4.78, 5) is 38.1. The molecule has 1 unspecified atom stereocenters. The van der Waals surface area contributed by atoms with Gasteiger partial charge in [0.05, 0.1) is 0 Å². The van der Waals surface area contributed by atoms with Crippen LogP contribution in [0.5, 0.6) is 0 Å². The predicted molar refractivity (Wildman–Crippen MR) is 339 cm³/mol. The molecule has 6 heteroatoms. The van der Waals surface area contributed by atoms with E-state index >= 15 is 0 Å². The van der Waals surface area contributed by atoms with E-state index in [1.54, 1.807) is 0 Å². The van der Waals surface area contributed by atoms with Crippen LogP contribution in [0.25, 0.3) is 0 Å². The summed E-state index contributed by atoms with van der Waals surface area (Å²) < 4.78 is 16.8. The molecule has 0 spiro atoms. The molecule has 0 heterocycles. The highest BCUT2D eigenvalue weighted by Gasteiger charge is 2.19. The zero-order valence-electron chi connectivity index (χ0n) is 51.9.